The number of carbonyl (C=O) groups excluding carboxylic acids is 2. The molecule has 0 aliphatic carbocycles. The predicted molar refractivity (Wildman–Crippen MR) is 416 cm³/mol. The summed E-state index contributed by atoms with van der Waals surface area (Å²) >= 11 is 0. The van der Waals surface area contributed by atoms with Crippen LogP contribution in [-0.2, 0) is 14.3 Å². The van der Waals surface area contributed by atoms with Crippen molar-refractivity contribution >= 4 is 11.9 Å². The van der Waals surface area contributed by atoms with Crippen molar-refractivity contribution < 1.29 is 24.5 Å². The normalized spacial score (nSPS) is 12.7. The number of unbranched alkanes of at least 4 members (excludes halogenated alkanes) is 62. The van der Waals surface area contributed by atoms with Crippen LogP contribution in [0.2, 0.25) is 0 Å². The average Bonchev–Trinajstić information content (AvgIpc) is 3.67. The van der Waals surface area contributed by atoms with E-state index in [-0.39, 0.29) is 18.5 Å². The SMILES string of the molecule is CCCCC/C=C\C/C=C\CCCCCCCCCC(=O)OCCCCCCCCCCCCC/C=C\C/C=C\CCCCCCCCCCCCCCCCCCCC(=O)NC(CO)C(O)CCCCCCCCCCCCCCCCCCCCCCCCCCC. The number of esters is 1. The van der Waals surface area contributed by atoms with Gasteiger partial charge in [-0.1, -0.05) is 422 Å². The van der Waals surface area contributed by atoms with Gasteiger partial charge in [-0.15, -0.1) is 0 Å². The van der Waals surface area contributed by atoms with Crippen LogP contribution in [0, 0.1) is 0 Å². The molecule has 2 unspecified atom stereocenters. The van der Waals surface area contributed by atoms with Gasteiger partial charge in [0.15, 0.2) is 0 Å². The molecule has 6 nitrogen and oxygen atoms in total. The summed E-state index contributed by atoms with van der Waals surface area (Å²) in [5.74, 6) is -0.0172. The van der Waals surface area contributed by atoms with Gasteiger partial charge in [-0.25, -0.2) is 0 Å². The minimum absolute atomic E-state index is 0.00970. The highest BCUT2D eigenvalue weighted by atomic mass is 16.5. The zero-order valence-electron chi connectivity index (χ0n) is 63.7. The van der Waals surface area contributed by atoms with E-state index in [0.29, 0.717) is 25.9 Å². The third-order valence-corrected chi connectivity index (χ3v) is 20.1. The van der Waals surface area contributed by atoms with Crippen LogP contribution in [0.5, 0.6) is 0 Å². The van der Waals surface area contributed by atoms with Crippen molar-refractivity contribution in [2.75, 3.05) is 13.2 Å². The Hall–Kier alpha value is -2.18. The minimum Gasteiger partial charge on any atom is -0.466 e. The van der Waals surface area contributed by atoms with E-state index in [1.165, 1.54) is 385 Å². The molecule has 3 N–H and O–H groups in total. The van der Waals surface area contributed by atoms with Crippen LogP contribution in [0.4, 0.5) is 0 Å². The van der Waals surface area contributed by atoms with Gasteiger partial charge < -0.3 is 20.3 Å². The Balaban J connectivity index is 3.37. The Morgan fingerprint density at radius 1 is 0.298 bits per heavy atom. The van der Waals surface area contributed by atoms with E-state index in [0.717, 1.165) is 57.8 Å². The van der Waals surface area contributed by atoms with Crippen molar-refractivity contribution in [2.24, 2.45) is 0 Å². The number of hydrogen-bond donors (Lipinski definition) is 3. The number of allylic oxidation sites excluding steroid dienone is 8. The number of carbonyl (C=O) groups is 2. The van der Waals surface area contributed by atoms with E-state index < -0.39 is 12.1 Å². The van der Waals surface area contributed by atoms with Crippen LogP contribution < -0.4 is 5.32 Å². The van der Waals surface area contributed by atoms with Gasteiger partial charge in [-0.2, -0.15) is 0 Å². The first-order valence-electron chi connectivity index (χ1n) is 42.9. The topological polar surface area (TPSA) is 95.9 Å². The maximum atomic E-state index is 12.6. The van der Waals surface area contributed by atoms with E-state index >= 15 is 0 Å². The molecule has 0 saturated heterocycles. The fourth-order valence-electron chi connectivity index (χ4n) is 13.6. The molecule has 0 aliphatic rings. The summed E-state index contributed by atoms with van der Waals surface area (Å²) in [5, 5.41) is 23.5. The van der Waals surface area contributed by atoms with Gasteiger partial charge in [0.25, 0.3) is 0 Å². The zero-order valence-corrected chi connectivity index (χ0v) is 63.7. The van der Waals surface area contributed by atoms with Crippen LogP contribution in [0.15, 0.2) is 48.6 Å². The summed E-state index contributed by atoms with van der Waals surface area (Å²) in [6.45, 7) is 4.97. The van der Waals surface area contributed by atoms with Crippen molar-refractivity contribution in [3.05, 3.63) is 48.6 Å². The maximum Gasteiger partial charge on any atom is 0.305 e. The lowest BCUT2D eigenvalue weighted by Gasteiger charge is -2.22. The zero-order chi connectivity index (χ0) is 67.7. The number of aliphatic hydroxyl groups excluding tert-OH is 2. The molecule has 2 atom stereocenters. The van der Waals surface area contributed by atoms with Gasteiger partial charge in [-0.05, 0) is 89.9 Å². The van der Waals surface area contributed by atoms with Crippen molar-refractivity contribution in [2.45, 2.75) is 488 Å². The molecule has 0 radical (unpaired) electrons. The third kappa shape index (κ3) is 78.8. The van der Waals surface area contributed by atoms with Gasteiger partial charge in [0, 0.05) is 12.8 Å². The molecule has 0 rings (SSSR count). The Bertz CT molecular complexity index is 1570. The lowest BCUT2D eigenvalue weighted by atomic mass is 10.0. The first-order chi connectivity index (χ1) is 46.5. The monoisotopic (exact) mass is 1320 g/mol. The molecular formula is C88H167NO5. The second-order valence-corrected chi connectivity index (χ2v) is 29.5. The van der Waals surface area contributed by atoms with E-state index in [9.17, 15) is 19.8 Å². The van der Waals surface area contributed by atoms with Crippen LogP contribution in [0.3, 0.4) is 0 Å². The fraction of sp³-hybridized carbons (Fsp3) is 0.886. The molecule has 0 spiro atoms. The highest BCUT2D eigenvalue weighted by Crippen LogP contribution is 2.20. The molecule has 0 fully saturated rings. The summed E-state index contributed by atoms with van der Waals surface area (Å²) in [4.78, 5) is 24.7. The first-order valence-corrected chi connectivity index (χ1v) is 42.9. The molecule has 0 bridgehead atoms. The van der Waals surface area contributed by atoms with Gasteiger partial charge in [0.05, 0.1) is 25.4 Å². The molecule has 554 valence electrons. The molecule has 0 aromatic rings. The van der Waals surface area contributed by atoms with E-state index in [2.05, 4.69) is 67.8 Å². The number of rotatable bonds is 81. The van der Waals surface area contributed by atoms with Crippen molar-refractivity contribution in [3.8, 4) is 0 Å². The molecular weight excluding hydrogens is 1150 g/mol. The van der Waals surface area contributed by atoms with Crippen molar-refractivity contribution in [1.29, 1.82) is 0 Å². The molecule has 0 aromatic heterocycles. The molecule has 6 heteroatoms. The average molecular weight is 1320 g/mol. The largest absolute Gasteiger partial charge is 0.466 e. The lowest BCUT2D eigenvalue weighted by molar-refractivity contribution is -0.143. The lowest BCUT2D eigenvalue weighted by Crippen LogP contribution is -2.45. The number of aliphatic hydroxyl groups is 2. The Labute approximate surface area is 588 Å². The Morgan fingerprint density at radius 2 is 0.532 bits per heavy atom. The molecule has 0 aromatic carbocycles. The second kappa shape index (κ2) is 83.2. The maximum absolute atomic E-state index is 12.6. The summed E-state index contributed by atoms with van der Waals surface area (Å²) in [5.41, 5.74) is 0. The highest BCUT2D eigenvalue weighted by molar-refractivity contribution is 5.76. The molecule has 0 heterocycles. The second-order valence-electron chi connectivity index (χ2n) is 29.5. The smallest absolute Gasteiger partial charge is 0.305 e. The van der Waals surface area contributed by atoms with Crippen LogP contribution in [-0.4, -0.2) is 47.4 Å². The fourth-order valence-corrected chi connectivity index (χ4v) is 13.6. The van der Waals surface area contributed by atoms with Crippen LogP contribution >= 0.6 is 0 Å². The third-order valence-electron chi connectivity index (χ3n) is 20.1. The number of amides is 1. The van der Waals surface area contributed by atoms with Crippen LogP contribution in [0.1, 0.15) is 476 Å². The van der Waals surface area contributed by atoms with E-state index in [4.69, 9.17) is 4.74 Å². The van der Waals surface area contributed by atoms with Gasteiger partial charge in [0.1, 0.15) is 0 Å². The molecule has 0 saturated carbocycles. The van der Waals surface area contributed by atoms with Crippen LogP contribution in [0.25, 0.3) is 0 Å². The standard InChI is InChI=1S/C88H167NO5/c1-3-5-7-9-11-13-15-17-19-21-22-23-24-36-39-42-45-49-52-56-60-64-68-72-76-80-86(91)85(84-90)89-87(92)81-77-73-69-65-61-57-53-50-46-43-40-37-34-32-30-28-26-25-27-29-31-33-35-38-41-44-47-51-55-59-63-67-71-75-79-83-94-88(93)82-78-74-70-66-62-58-54-48-20-18-16-14-12-10-8-6-4-2/h12,14,18,20,27,29,33,35,85-86,90-91H,3-11,13,15-17,19,21-26,28,30-32,34,36-84H2,1-2H3,(H,89,92)/b14-12-,20-18-,29-27-,35-33-. The van der Waals surface area contributed by atoms with Crippen molar-refractivity contribution in [3.63, 3.8) is 0 Å². The van der Waals surface area contributed by atoms with Gasteiger partial charge >= 0.3 is 5.97 Å². The van der Waals surface area contributed by atoms with E-state index in [1.807, 2.05) is 0 Å². The number of hydrogen-bond acceptors (Lipinski definition) is 5. The van der Waals surface area contributed by atoms with Gasteiger partial charge in [0.2, 0.25) is 5.91 Å². The quantitative estimate of drug-likeness (QED) is 0.0320. The minimum atomic E-state index is -0.665. The molecule has 1 amide bonds. The number of nitrogens with one attached hydrogen (secondary N) is 1. The summed E-state index contributed by atoms with van der Waals surface area (Å²) < 4.78 is 5.50. The number of ether oxygens (including phenoxy) is 1. The molecule has 0 aliphatic heterocycles. The molecule has 94 heavy (non-hydrogen) atoms. The summed E-state index contributed by atoms with van der Waals surface area (Å²) in [6.07, 6.45) is 111. The summed E-state index contributed by atoms with van der Waals surface area (Å²) in [7, 11) is 0. The Kier molecular flexibility index (Phi) is 81.3. The summed E-state index contributed by atoms with van der Waals surface area (Å²) in [6, 6.07) is -0.542. The first kappa shape index (κ1) is 91.8. The predicted octanol–water partition coefficient (Wildman–Crippen LogP) is 28.7. The Morgan fingerprint density at radius 3 is 0.830 bits per heavy atom. The van der Waals surface area contributed by atoms with Crippen molar-refractivity contribution in [1.82, 2.24) is 5.32 Å². The van der Waals surface area contributed by atoms with E-state index in [1.54, 1.807) is 0 Å². The highest BCUT2D eigenvalue weighted by Gasteiger charge is 2.20. The van der Waals surface area contributed by atoms with Gasteiger partial charge in [-0.3, -0.25) is 9.59 Å².